The second-order valence-electron chi connectivity index (χ2n) is 3.50. The first-order valence-electron chi connectivity index (χ1n) is 4.64. The molecule has 0 spiro atoms. The second kappa shape index (κ2) is 3.31. The maximum atomic E-state index is 9.48. The molecule has 14 heavy (non-hydrogen) atoms. The van der Waals surface area contributed by atoms with E-state index in [0.717, 1.165) is 16.3 Å². The standard InChI is InChI=1S/C12H13NO/c1-8(14)11-6-9-4-2-3-5-10(9)7-12(11)13/h2-8,14H,13H2,1H3. The number of hydrogen-bond acceptors (Lipinski definition) is 2. The third-order valence-electron chi connectivity index (χ3n) is 2.40. The maximum absolute atomic E-state index is 9.48. The number of fused-ring (bicyclic) bond motifs is 1. The molecule has 2 aromatic rings. The molecule has 3 N–H and O–H groups in total. The van der Waals surface area contributed by atoms with Gasteiger partial charge in [-0.25, -0.2) is 0 Å². The van der Waals surface area contributed by atoms with E-state index in [1.54, 1.807) is 6.92 Å². The summed E-state index contributed by atoms with van der Waals surface area (Å²) in [5.74, 6) is 0. The fraction of sp³-hybridized carbons (Fsp3) is 0.167. The lowest BCUT2D eigenvalue weighted by molar-refractivity contribution is 0.200. The molecule has 1 unspecified atom stereocenters. The molecule has 2 heteroatoms. The van der Waals surface area contributed by atoms with E-state index in [1.807, 2.05) is 36.4 Å². The van der Waals surface area contributed by atoms with E-state index in [1.165, 1.54) is 0 Å². The van der Waals surface area contributed by atoms with Gasteiger partial charge in [0.05, 0.1) is 6.10 Å². The van der Waals surface area contributed by atoms with Crippen LogP contribution in [0.25, 0.3) is 10.8 Å². The maximum Gasteiger partial charge on any atom is 0.0782 e. The fourth-order valence-electron chi connectivity index (χ4n) is 1.64. The molecule has 0 aliphatic heterocycles. The van der Waals surface area contributed by atoms with Crippen LogP contribution >= 0.6 is 0 Å². The van der Waals surface area contributed by atoms with Crippen molar-refractivity contribution in [2.45, 2.75) is 13.0 Å². The molecule has 72 valence electrons. The summed E-state index contributed by atoms with van der Waals surface area (Å²) in [5, 5.41) is 11.7. The van der Waals surface area contributed by atoms with Gasteiger partial charge in [0, 0.05) is 11.3 Å². The van der Waals surface area contributed by atoms with Crippen molar-refractivity contribution >= 4 is 16.5 Å². The molecular formula is C12H13NO. The summed E-state index contributed by atoms with van der Waals surface area (Å²) < 4.78 is 0. The Bertz CT molecular complexity index is 463. The first-order valence-corrected chi connectivity index (χ1v) is 4.64. The summed E-state index contributed by atoms with van der Waals surface area (Å²) in [6, 6.07) is 11.8. The third-order valence-corrected chi connectivity index (χ3v) is 2.40. The summed E-state index contributed by atoms with van der Waals surface area (Å²) >= 11 is 0. The molecular weight excluding hydrogens is 174 g/mol. The fourth-order valence-corrected chi connectivity index (χ4v) is 1.64. The molecule has 0 aromatic heterocycles. The zero-order chi connectivity index (χ0) is 10.1. The van der Waals surface area contributed by atoms with E-state index in [0.29, 0.717) is 5.69 Å². The van der Waals surface area contributed by atoms with Crippen LogP contribution in [0, 0.1) is 0 Å². The number of hydrogen-bond donors (Lipinski definition) is 2. The average molecular weight is 187 g/mol. The van der Waals surface area contributed by atoms with Gasteiger partial charge in [-0.05, 0) is 29.8 Å². The van der Waals surface area contributed by atoms with Crippen molar-refractivity contribution in [1.82, 2.24) is 0 Å². The van der Waals surface area contributed by atoms with E-state index in [9.17, 15) is 5.11 Å². The zero-order valence-corrected chi connectivity index (χ0v) is 8.07. The minimum Gasteiger partial charge on any atom is -0.398 e. The number of nitrogen functional groups attached to an aromatic ring is 1. The van der Waals surface area contributed by atoms with Gasteiger partial charge in [0.1, 0.15) is 0 Å². The quantitative estimate of drug-likeness (QED) is 0.674. The number of nitrogens with two attached hydrogens (primary N) is 1. The monoisotopic (exact) mass is 187 g/mol. The van der Waals surface area contributed by atoms with E-state index in [2.05, 4.69) is 0 Å². The molecule has 0 bridgehead atoms. The lowest BCUT2D eigenvalue weighted by Crippen LogP contribution is -1.98. The van der Waals surface area contributed by atoms with Gasteiger partial charge >= 0.3 is 0 Å². The smallest absolute Gasteiger partial charge is 0.0782 e. The minimum atomic E-state index is -0.514. The Morgan fingerprint density at radius 2 is 1.71 bits per heavy atom. The molecule has 0 heterocycles. The largest absolute Gasteiger partial charge is 0.398 e. The van der Waals surface area contributed by atoms with Gasteiger partial charge in [-0.3, -0.25) is 0 Å². The molecule has 2 nitrogen and oxygen atoms in total. The first-order chi connectivity index (χ1) is 6.68. The van der Waals surface area contributed by atoms with Gasteiger partial charge in [-0.15, -0.1) is 0 Å². The molecule has 0 radical (unpaired) electrons. The predicted molar refractivity (Wildman–Crippen MR) is 59.0 cm³/mol. The van der Waals surface area contributed by atoms with Crippen LogP contribution < -0.4 is 5.73 Å². The Kier molecular flexibility index (Phi) is 2.14. The molecule has 2 aromatic carbocycles. The average Bonchev–Trinajstić information content (AvgIpc) is 2.16. The summed E-state index contributed by atoms with van der Waals surface area (Å²) in [4.78, 5) is 0. The molecule has 2 rings (SSSR count). The SMILES string of the molecule is CC(O)c1cc2ccccc2cc1N. The molecule has 0 fully saturated rings. The highest BCUT2D eigenvalue weighted by atomic mass is 16.3. The molecule has 1 atom stereocenters. The van der Waals surface area contributed by atoms with Crippen LogP contribution in [0.1, 0.15) is 18.6 Å². The number of aliphatic hydroxyl groups excluding tert-OH is 1. The van der Waals surface area contributed by atoms with Gasteiger partial charge in [0.15, 0.2) is 0 Å². The molecule has 0 saturated carbocycles. The Labute approximate surface area is 83.0 Å². The summed E-state index contributed by atoms with van der Waals surface area (Å²) in [6.07, 6.45) is -0.514. The molecule has 0 saturated heterocycles. The van der Waals surface area contributed by atoms with Crippen molar-refractivity contribution in [3.8, 4) is 0 Å². The first kappa shape index (κ1) is 9.03. The summed E-state index contributed by atoms with van der Waals surface area (Å²) in [7, 11) is 0. The van der Waals surface area contributed by atoms with Crippen LogP contribution in [-0.4, -0.2) is 5.11 Å². The van der Waals surface area contributed by atoms with Gasteiger partial charge in [0.25, 0.3) is 0 Å². The van der Waals surface area contributed by atoms with Crippen molar-refractivity contribution < 1.29 is 5.11 Å². The van der Waals surface area contributed by atoms with Crippen LogP contribution in [0.15, 0.2) is 36.4 Å². The zero-order valence-electron chi connectivity index (χ0n) is 8.07. The Balaban J connectivity index is 2.71. The Hall–Kier alpha value is -1.54. The van der Waals surface area contributed by atoms with Crippen LogP contribution in [0.5, 0.6) is 0 Å². The van der Waals surface area contributed by atoms with Crippen molar-refractivity contribution in [2.75, 3.05) is 5.73 Å². The van der Waals surface area contributed by atoms with Crippen molar-refractivity contribution in [3.05, 3.63) is 42.0 Å². The molecule has 0 aliphatic rings. The van der Waals surface area contributed by atoms with E-state index in [4.69, 9.17) is 5.73 Å². The minimum absolute atomic E-state index is 0.514. The normalized spacial score (nSPS) is 13.0. The van der Waals surface area contributed by atoms with Crippen LogP contribution in [-0.2, 0) is 0 Å². The van der Waals surface area contributed by atoms with E-state index < -0.39 is 6.10 Å². The Morgan fingerprint density at radius 3 is 2.29 bits per heavy atom. The summed E-state index contributed by atoms with van der Waals surface area (Å²) in [6.45, 7) is 1.72. The second-order valence-corrected chi connectivity index (χ2v) is 3.50. The predicted octanol–water partition coefficient (Wildman–Crippen LogP) is 2.48. The van der Waals surface area contributed by atoms with E-state index in [-0.39, 0.29) is 0 Å². The van der Waals surface area contributed by atoms with Gasteiger partial charge in [-0.1, -0.05) is 24.3 Å². The van der Waals surface area contributed by atoms with Gasteiger partial charge in [0.2, 0.25) is 0 Å². The van der Waals surface area contributed by atoms with Crippen LogP contribution in [0.2, 0.25) is 0 Å². The lowest BCUT2D eigenvalue weighted by atomic mass is 10.0. The van der Waals surface area contributed by atoms with Crippen LogP contribution in [0.4, 0.5) is 5.69 Å². The van der Waals surface area contributed by atoms with Gasteiger partial charge < -0.3 is 10.8 Å². The highest BCUT2D eigenvalue weighted by Gasteiger charge is 2.06. The van der Waals surface area contributed by atoms with Crippen molar-refractivity contribution in [1.29, 1.82) is 0 Å². The number of benzene rings is 2. The van der Waals surface area contributed by atoms with Crippen LogP contribution in [0.3, 0.4) is 0 Å². The summed E-state index contributed by atoms with van der Waals surface area (Å²) in [5.41, 5.74) is 7.27. The highest BCUT2D eigenvalue weighted by molar-refractivity contribution is 5.86. The third kappa shape index (κ3) is 1.44. The number of anilines is 1. The highest BCUT2D eigenvalue weighted by Crippen LogP contribution is 2.26. The van der Waals surface area contributed by atoms with Crippen molar-refractivity contribution in [3.63, 3.8) is 0 Å². The van der Waals surface area contributed by atoms with Crippen molar-refractivity contribution in [2.24, 2.45) is 0 Å². The molecule has 0 amide bonds. The van der Waals surface area contributed by atoms with Gasteiger partial charge in [-0.2, -0.15) is 0 Å². The lowest BCUT2D eigenvalue weighted by Gasteiger charge is -2.10. The van der Waals surface area contributed by atoms with E-state index >= 15 is 0 Å². The number of rotatable bonds is 1. The molecule has 0 aliphatic carbocycles. The topological polar surface area (TPSA) is 46.2 Å². The number of aliphatic hydroxyl groups is 1. The Morgan fingerprint density at radius 1 is 1.14 bits per heavy atom.